The van der Waals surface area contributed by atoms with E-state index >= 15 is 4.39 Å². The van der Waals surface area contributed by atoms with Crippen LogP contribution in [0.15, 0.2) is 49.1 Å². The molecular formula is C21H21FN8. The first kappa shape index (κ1) is 18.4. The normalized spacial score (nSPS) is 14.5. The second-order valence-corrected chi connectivity index (χ2v) is 7.11. The molecule has 0 unspecified atom stereocenters. The van der Waals surface area contributed by atoms with Crippen molar-refractivity contribution in [2.24, 2.45) is 0 Å². The average Bonchev–Trinajstić information content (AvgIpc) is 3.23. The number of halogens is 1. The van der Waals surface area contributed by atoms with Gasteiger partial charge in [0.2, 0.25) is 5.65 Å². The van der Waals surface area contributed by atoms with Gasteiger partial charge in [0, 0.05) is 50.6 Å². The van der Waals surface area contributed by atoms with Crippen molar-refractivity contribution < 1.29 is 4.39 Å². The average molecular weight is 404 g/mol. The predicted molar refractivity (Wildman–Crippen MR) is 112 cm³/mol. The minimum atomic E-state index is -0.387. The predicted octanol–water partition coefficient (Wildman–Crippen LogP) is 2.61. The van der Waals surface area contributed by atoms with Crippen LogP contribution in [0.1, 0.15) is 12.7 Å². The van der Waals surface area contributed by atoms with Crippen LogP contribution >= 0.6 is 0 Å². The van der Waals surface area contributed by atoms with Gasteiger partial charge in [-0.3, -0.25) is 4.40 Å². The summed E-state index contributed by atoms with van der Waals surface area (Å²) in [6, 6.07) is 9.34. The van der Waals surface area contributed by atoms with E-state index in [2.05, 4.69) is 37.0 Å². The van der Waals surface area contributed by atoms with E-state index in [9.17, 15) is 0 Å². The minimum absolute atomic E-state index is 0.324. The van der Waals surface area contributed by atoms with Crippen LogP contribution in [-0.4, -0.2) is 55.7 Å². The molecule has 0 N–H and O–H groups in total. The summed E-state index contributed by atoms with van der Waals surface area (Å²) in [5.74, 6) is 1.66. The van der Waals surface area contributed by atoms with Gasteiger partial charge < -0.3 is 9.80 Å². The van der Waals surface area contributed by atoms with Gasteiger partial charge in [0.05, 0.1) is 0 Å². The standard InChI is InChI=1S/C21H21FN8/c1-2-16-26-27-21-20(23-8-9-30(16)21)29-12-10-28(11-13-29)19-17(22)18(24-14-25-19)15-6-4-3-5-7-15/h3-9,14H,2,10-13H2,1H3. The van der Waals surface area contributed by atoms with Crippen molar-refractivity contribution in [2.75, 3.05) is 36.0 Å². The molecule has 0 saturated carbocycles. The molecule has 1 aromatic carbocycles. The van der Waals surface area contributed by atoms with Crippen LogP contribution in [0, 0.1) is 5.82 Å². The van der Waals surface area contributed by atoms with Gasteiger partial charge in [-0.2, -0.15) is 0 Å². The molecule has 1 aliphatic rings. The molecule has 0 bridgehead atoms. The highest BCUT2D eigenvalue weighted by Gasteiger charge is 2.25. The van der Waals surface area contributed by atoms with Gasteiger partial charge in [0.25, 0.3) is 0 Å². The summed E-state index contributed by atoms with van der Waals surface area (Å²) >= 11 is 0. The number of piperazine rings is 1. The Morgan fingerprint density at radius 1 is 0.900 bits per heavy atom. The number of benzene rings is 1. The van der Waals surface area contributed by atoms with Gasteiger partial charge >= 0.3 is 0 Å². The van der Waals surface area contributed by atoms with Crippen LogP contribution in [-0.2, 0) is 6.42 Å². The SMILES string of the molecule is CCc1nnc2c(N3CCN(c4ncnc(-c5ccccc5)c4F)CC3)nccn12. The monoisotopic (exact) mass is 404 g/mol. The molecule has 0 atom stereocenters. The van der Waals surface area contributed by atoms with E-state index in [1.54, 1.807) is 6.20 Å². The number of rotatable bonds is 4. The third-order valence-corrected chi connectivity index (χ3v) is 5.39. The number of nitrogens with zero attached hydrogens (tertiary/aromatic N) is 8. The fraction of sp³-hybridized carbons (Fsp3) is 0.286. The zero-order valence-electron chi connectivity index (χ0n) is 16.6. The molecule has 0 radical (unpaired) electrons. The number of anilines is 2. The maximum atomic E-state index is 15.2. The third kappa shape index (κ3) is 3.12. The van der Waals surface area contributed by atoms with Gasteiger partial charge in [-0.05, 0) is 0 Å². The molecule has 1 saturated heterocycles. The Kier molecular flexibility index (Phi) is 4.70. The van der Waals surface area contributed by atoms with E-state index in [1.807, 2.05) is 45.8 Å². The molecule has 1 fully saturated rings. The van der Waals surface area contributed by atoms with Crippen molar-refractivity contribution in [1.29, 1.82) is 0 Å². The third-order valence-electron chi connectivity index (χ3n) is 5.39. The summed E-state index contributed by atoms with van der Waals surface area (Å²) in [7, 11) is 0. The molecule has 0 amide bonds. The van der Waals surface area contributed by atoms with Crippen molar-refractivity contribution in [3.8, 4) is 11.3 Å². The second kappa shape index (κ2) is 7.66. The van der Waals surface area contributed by atoms with Crippen LogP contribution in [0.2, 0.25) is 0 Å². The van der Waals surface area contributed by atoms with E-state index < -0.39 is 0 Å². The van der Waals surface area contributed by atoms with Crippen LogP contribution < -0.4 is 9.80 Å². The number of aromatic nitrogens is 6. The summed E-state index contributed by atoms with van der Waals surface area (Å²) < 4.78 is 17.2. The van der Waals surface area contributed by atoms with Crippen LogP contribution in [0.3, 0.4) is 0 Å². The number of hydrogen-bond donors (Lipinski definition) is 0. The van der Waals surface area contributed by atoms with Crippen molar-refractivity contribution in [2.45, 2.75) is 13.3 Å². The molecule has 0 aliphatic carbocycles. The second-order valence-electron chi connectivity index (χ2n) is 7.11. The molecule has 0 spiro atoms. The Morgan fingerprint density at radius 2 is 1.63 bits per heavy atom. The molecule has 1 aliphatic heterocycles. The van der Waals surface area contributed by atoms with Crippen molar-refractivity contribution in [1.82, 2.24) is 29.5 Å². The lowest BCUT2D eigenvalue weighted by Gasteiger charge is -2.36. The Hall–Kier alpha value is -3.62. The van der Waals surface area contributed by atoms with Gasteiger partial charge in [0.15, 0.2) is 17.5 Å². The summed E-state index contributed by atoms with van der Waals surface area (Å²) in [6.45, 7) is 4.67. The number of aryl methyl sites for hydroxylation is 1. The Bertz CT molecular complexity index is 1170. The van der Waals surface area contributed by atoms with Crippen LogP contribution in [0.25, 0.3) is 16.9 Å². The molecule has 5 rings (SSSR count). The van der Waals surface area contributed by atoms with Crippen molar-refractivity contribution in [3.63, 3.8) is 0 Å². The number of fused-ring (bicyclic) bond motifs is 1. The van der Waals surface area contributed by atoms with E-state index in [0.717, 1.165) is 29.3 Å². The fourth-order valence-electron chi connectivity index (χ4n) is 3.83. The van der Waals surface area contributed by atoms with Gasteiger partial charge in [-0.1, -0.05) is 37.3 Å². The molecular weight excluding hydrogens is 383 g/mol. The Balaban J connectivity index is 1.38. The summed E-state index contributed by atoms with van der Waals surface area (Å²) in [4.78, 5) is 17.0. The largest absolute Gasteiger partial charge is 0.351 e. The molecule has 3 aromatic heterocycles. The van der Waals surface area contributed by atoms with E-state index in [4.69, 9.17) is 0 Å². The summed E-state index contributed by atoms with van der Waals surface area (Å²) in [5.41, 5.74) is 1.82. The smallest absolute Gasteiger partial charge is 0.203 e. The highest BCUT2D eigenvalue weighted by molar-refractivity contribution is 5.66. The van der Waals surface area contributed by atoms with Crippen molar-refractivity contribution in [3.05, 3.63) is 60.7 Å². The maximum absolute atomic E-state index is 15.2. The topological polar surface area (TPSA) is 75.3 Å². The lowest BCUT2D eigenvalue weighted by atomic mass is 10.1. The zero-order chi connectivity index (χ0) is 20.5. The summed E-state index contributed by atoms with van der Waals surface area (Å²) in [6.07, 6.45) is 5.88. The first-order valence-corrected chi connectivity index (χ1v) is 10.0. The molecule has 4 heterocycles. The van der Waals surface area contributed by atoms with Gasteiger partial charge in [0.1, 0.15) is 17.8 Å². The Labute approximate surface area is 173 Å². The first-order valence-electron chi connectivity index (χ1n) is 10.0. The summed E-state index contributed by atoms with van der Waals surface area (Å²) in [5, 5.41) is 8.57. The minimum Gasteiger partial charge on any atom is -0.351 e. The molecule has 4 aromatic rings. The lowest BCUT2D eigenvalue weighted by Crippen LogP contribution is -2.47. The van der Waals surface area contributed by atoms with Crippen molar-refractivity contribution >= 4 is 17.3 Å². The van der Waals surface area contributed by atoms with E-state index in [1.165, 1.54) is 6.33 Å². The van der Waals surface area contributed by atoms with Crippen LogP contribution in [0.4, 0.5) is 16.0 Å². The van der Waals surface area contributed by atoms with Crippen LogP contribution in [0.5, 0.6) is 0 Å². The van der Waals surface area contributed by atoms with Gasteiger partial charge in [-0.25, -0.2) is 19.3 Å². The molecule has 8 nitrogen and oxygen atoms in total. The van der Waals surface area contributed by atoms with E-state index in [-0.39, 0.29) is 5.82 Å². The quantitative estimate of drug-likeness (QED) is 0.518. The van der Waals surface area contributed by atoms with Gasteiger partial charge in [-0.15, -0.1) is 10.2 Å². The van der Waals surface area contributed by atoms with E-state index in [0.29, 0.717) is 37.7 Å². The highest BCUT2D eigenvalue weighted by atomic mass is 19.1. The Morgan fingerprint density at radius 3 is 2.37 bits per heavy atom. The number of hydrogen-bond acceptors (Lipinski definition) is 7. The fourth-order valence-corrected chi connectivity index (χ4v) is 3.83. The highest BCUT2D eigenvalue weighted by Crippen LogP contribution is 2.27. The molecule has 152 valence electrons. The lowest BCUT2D eigenvalue weighted by molar-refractivity contribution is 0.584. The first-order chi connectivity index (χ1) is 14.8. The molecule has 9 heteroatoms. The zero-order valence-corrected chi connectivity index (χ0v) is 16.6. The molecule has 30 heavy (non-hydrogen) atoms. The maximum Gasteiger partial charge on any atom is 0.203 e.